The van der Waals surface area contributed by atoms with Crippen LogP contribution in [-0.2, 0) is 6.42 Å². The summed E-state index contributed by atoms with van der Waals surface area (Å²) in [4.78, 5) is 0. The van der Waals surface area contributed by atoms with Gasteiger partial charge in [-0.3, -0.25) is 0 Å². The van der Waals surface area contributed by atoms with Gasteiger partial charge in [0.05, 0.1) is 12.7 Å². The third-order valence-corrected chi connectivity index (χ3v) is 3.88. The molecule has 0 aliphatic rings. The highest BCUT2D eigenvalue weighted by atomic mass is 35.5. The zero-order chi connectivity index (χ0) is 16.2. The van der Waals surface area contributed by atoms with Crippen LogP contribution in [0.4, 0.5) is 0 Å². The van der Waals surface area contributed by atoms with Crippen LogP contribution in [0.5, 0.6) is 5.75 Å². The van der Waals surface area contributed by atoms with Gasteiger partial charge < -0.3 is 15.0 Å². The highest BCUT2D eigenvalue weighted by molar-refractivity contribution is 6.30. The Kier molecular flexibility index (Phi) is 4.65. The minimum absolute atomic E-state index is 0.498. The zero-order valence-electron chi connectivity index (χ0n) is 12.8. The van der Waals surface area contributed by atoms with Crippen LogP contribution in [0.2, 0.25) is 5.02 Å². The quantitative estimate of drug-likeness (QED) is 0.763. The third kappa shape index (κ3) is 3.23. The smallest absolute Gasteiger partial charge is 0.146 e. The highest BCUT2D eigenvalue weighted by Gasteiger charge is 2.18. The first kappa shape index (κ1) is 15.6. The number of benzene rings is 2. The number of aromatic nitrogens is 1. The van der Waals surface area contributed by atoms with Crippen molar-refractivity contribution in [1.29, 1.82) is 0 Å². The Morgan fingerprint density at radius 3 is 2.30 bits per heavy atom. The van der Waals surface area contributed by atoms with Crippen LogP contribution in [0.1, 0.15) is 5.76 Å². The van der Waals surface area contributed by atoms with Gasteiger partial charge in [0, 0.05) is 17.0 Å². The molecule has 0 aliphatic heterocycles. The van der Waals surface area contributed by atoms with Crippen LogP contribution < -0.4 is 10.5 Å². The number of halogens is 1. The van der Waals surface area contributed by atoms with Gasteiger partial charge in [-0.15, -0.1) is 0 Å². The monoisotopic (exact) mass is 328 g/mol. The van der Waals surface area contributed by atoms with E-state index < -0.39 is 0 Å². The molecule has 5 heteroatoms. The van der Waals surface area contributed by atoms with E-state index in [9.17, 15) is 0 Å². The largest absolute Gasteiger partial charge is 0.497 e. The van der Waals surface area contributed by atoms with E-state index in [1.807, 2.05) is 48.5 Å². The zero-order valence-corrected chi connectivity index (χ0v) is 13.5. The molecule has 2 aromatic carbocycles. The number of hydrogen-bond donors (Lipinski definition) is 1. The van der Waals surface area contributed by atoms with Crippen LogP contribution in [-0.4, -0.2) is 18.8 Å². The van der Waals surface area contributed by atoms with E-state index in [-0.39, 0.29) is 0 Å². The molecule has 4 nitrogen and oxygen atoms in total. The van der Waals surface area contributed by atoms with Gasteiger partial charge in [-0.1, -0.05) is 41.0 Å². The molecule has 1 heterocycles. The number of methoxy groups -OCH3 is 1. The SMILES string of the molecule is COc1ccc(-c2c(-c3ccc(Cl)cc3)noc2CCN)cc1. The van der Waals surface area contributed by atoms with Crippen molar-refractivity contribution in [3.63, 3.8) is 0 Å². The molecule has 118 valence electrons. The Morgan fingerprint density at radius 1 is 1.04 bits per heavy atom. The molecule has 0 fully saturated rings. The number of nitrogens with two attached hydrogens (primary N) is 1. The second kappa shape index (κ2) is 6.86. The van der Waals surface area contributed by atoms with E-state index in [0.29, 0.717) is 18.0 Å². The van der Waals surface area contributed by atoms with Gasteiger partial charge in [-0.2, -0.15) is 0 Å². The molecule has 2 N–H and O–H groups in total. The molecule has 0 radical (unpaired) electrons. The molecule has 0 unspecified atom stereocenters. The van der Waals surface area contributed by atoms with E-state index in [0.717, 1.165) is 33.9 Å². The average Bonchev–Trinajstić information content (AvgIpc) is 3.00. The first-order valence-corrected chi connectivity index (χ1v) is 7.69. The third-order valence-electron chi connectivity index (χ3n) is 3.63. The van der Waals surface area contributed by atoms with E-state index in [1.54, 1.807) is 7.11 Å². The summed E-state index contributed by atoms with van der Waals surface area (Å²) in [6.07, 6.45) is 0.627. The van der Waals surface area contributed by atoms with Crippen molar-refractivity contribution < 1.29 is 9.26 Å². The topological polar surface area (TPSA) is 61.3 Å². The van der Waals surface area contributed by atoms with Crippen LogP contribution in [0.15, 0.2) is 53.1 Å². The number of nitrogens with zero attached hydrogens (tertiary/aromatic N) is 1. The first-order valence-electron chi connectivity index (χ1n) is 7.32. The average molecular weight is 329 g/mol. The van der Waals surface area contributed by atoms with Crippen molar-refractivity contribution in [1.82, 2.24) is 5.16 Å². The lowest BCUT2D eigenvalue weighted by Crippen LogP contribution is -2.02. The Hall–Kier alpha value is -2.30. The fourth-order valence-electron chi connectivity index (χ4n) is 2.49. The van der Waals surface area contributed by atoms with Gasteiger partial charge in [-0.05, 0) is 36.4 Å². The number of ether oxygens (including phenoxy) is 1. The highest BCUT2D eigenvalue weighted by Crippen LogP contribution is 2.35. The van der Waals surface area contributed by atoms with E-state index in [2.05, 4.69) is 5.16 Å². The van der Waals surface area contributed by atoms with Crippen molar-refractivity contribution in [2.24, 2.45) is 5.73 Å². The van der Waals surface area contributed by atoms with Crippen molar-refractivity contribution in [2.45, 2.75) is 6.42 Å². The second-order valence-electron chi connectivity index (χ2n) is 5.10. The van der Waals surface area contributed by atoms with Gasteiger partial charge in [0.25, 0.3) is 0 Å². The lowest BCUT2D eigenvalue weighted by atomic mass is 9.98. The lowest BCUT2D eigenvalue weighted by Gasteiger charge is -2.06. The first-order chi connectivity index (χ1) is 11.2. The minimum atomic E-state index is 0.498. The standard InChI is InChI=1S/C18H17ClN2O2/c1-22-15-8-4-12(5-9-15)17-16(10-11-20)23-21-18(17)13-2-6-14(19)7-3-13/h2-9H,10-11,20H2,1H3. The fraction of sp³-hybridized carbons (Fsp3) is 0.167. The van der Waals surface area contributed by atoms with Crippen molar-refractivity contribution in [2.75, 3.05) is 13.7 Å². The Morgan fingerprint density at radius 2 is 1.70 bits per heavy atom. The molecule has 0 bridgehead atoms. The van der Waals surface area contributed by atoms with Gasteiger partial charge in [0.2, 0.25) is 0 Å². The molecule has 0 saturated heterocycles. The molecular formula is C18H17ClN2O2. The Labute approximate surface area is 139 Å². The van der Waals surface area contributed by atoms with Gasteiger partial charge in [0.15, 0.2) is 0 Å². The maximum absolute atomic E-state index is 5.97. The normalized spacial score (nSPS) is 10.7. The summed E-state index contributed by atoms with van der Waals surface area (Å²) in [5.41, 5.74) is 9.41. The summed E-state index contributed by atoms with van der Waals surface area (Å²) in [7, 11) is 1.65. The maximum atomic E-state index is 5.97. The van der Waals surface area contributed by atoms with Crippen LogP contribution in [0, 0.1) is 0 Å². The lowest BCUT2D eigenvalue weighted by molar-refractivity contribution is 0.387. The summed E-state index contributed by atoms with van der Waals surface area (Å²) >= 11 is 5.97. The molecule has 0 saturated carbocycles. The Balaban J connectivity index is 2.11. The molecular weight excluding hydrogens is 312 g/mol. The van der Waals surface area contributed by atoms with Gasteiger partial charge in [-0.25, -0.2) is 0 Å². The van der Waals surface area contributed by atoms with Crippen LogP contribution in [0.3, 0.4) is 0 Å². The van der Waals surface area contributed by atoms with Crippen LogP contribution in [0.25, 0.3) is 22.4 Å². The van der Waals surface area contributed by atoms with Crippen molar-refractivity contribution in [3.05, 3.63) is 59.3 Å². The molecule has 23 heavy (non-hydrogen) atoms. The predicted octanol–water partition coefficient (Wildman–Crippen LogP) is 4.17. The van der Waals surface area contributed by atoms with Gasteiger partial charge in [0.1, 0.15) is 17.2 Å². The van der Waals surface area contributed by atoms with E-state index in [4.69, 9.17) is 26.6 Å². The minimum Gasteiger partial charge on any atom is -0.497 e. The molecule has 0 aliphatic carbocycles. The Bertz CT molecular complexity index is 780. The fourth-order valence-corrected chi connectivity index (χ4v) is 2.61. The summed E-state index contributed by atoms with van der Waals surface area (Å²) < 4.78 is 10.8. The summed E-state index contributed by atoms with van der Waals surface area (Å²) in [6.45, 7) is 0.498. The molecule has 3 rings (SSSR count). The van der Waals surface area contributed by atoms with Crippen LogP contribution >= 0.6 is 11.6 Å². The van der Waals surface area contributed by atoms with Crippen molar-refractivity contribution >= 4 is 11.6 Å². The second-order valence-corrected chi connectivity index (χ2v) is 5.54. The maximum Gasteiger partial charge on any atom is 0.146 e. The van der Waals surface area contributed by atoms with Gasteiger partial charge >= 0.3 is 0 Å². The van der Waals surface area contributed by atoms with E-state index >= 15 is 0 Å². The molecule has 3 aromatic rings. The predicted molar refractivity (Wildman–Crippen MR) is 91.7 cm³/mol. The molecule has 0 spiro atoms. The number of rotatable bonds is 5. The molecule has 0 amide bonds. The van der Waals surface area contributed by atoms with E-state index in [1.165, 1.54) is 0 Å². The summed E-state index contributed by atoms with van der Waals surface area (Å²) in [5, 5.41) is 4.93. The molecule has 0 atom stereocenters. The summed E-state index contributed by atoms with van der Waals surface area (Å²) in [5.74, 6) is 1.58. The summed E-state index contributed by atoms with van der Waals surface area (Å²) in [6, 6.07) is 15.4. The van der Waals surface area contributed by atoms with Crippen molar-refractivity contribution in [3.8, 4) is 28.1 Å². The number of hydrogen-bond acceptors (Lipinski definition) is 4. The molecule has 1 aromatic heterocycles.